The zero-order chi connectivity index (χ0) is 43.5. The smallest absolute Gasteiger partial charge is 0.220 e. The SMILES string of the molecule is CC/C=C\C/C=C\C/C=C\C/C=C\C/C=C\CCCCCCCCCCCCCCCCCCCC(=O)NC(CO)C(O)CCCCCCCCCCCCCCCCC. The second-order valence-corrected chi connectivity index (χ2v) is 17.9. The van der Waals surface area contributed by atoms with Crippen molar-refractivity contribution >= 4 is 5.91 Å². The highest BCUT2D eigenvalue weighted by molar-refractivity contribution is 5.76. The summed E-state index contributed by atoms with van der Waals surface area (Å²) in [6, 6.07) is -0.536. The molecule has 2 unspecified atom stereocenters. The molecule has 0 aliphatic heterocycles. The van der Waals surface area contributed by atoms with Gasteiger partial charge in [0.1, 0.15) is 0 Å². The Morgan fingerprint density at radius 3 is 1.10 bits per heavy atom. The van der Waals surface area contributed by atoms with Crippen LogP contribution in [0.5, 0.6) is 0 Å². The molecule has 1 amide bonds. The Morgan fingerprint density at radius 1 is 0.417 bits per heavy atom. The maximum atomic E-state index is 12.5. The third-order valence-corrected chi connectivity index (χ3v) is 12.0. The Bertz CT molecular complexity index is 996. The molecule has 0 aliphatic rings. The lowest BCUT2D eigenvalue weighted by Crippen LogP contribution is -2.45. The fraction of sp³-hybridized carbons (Fsp3) is 0.804. The summed E-state index contributed by atoms with van der Waals surface area (Å²) in [6.45, 7) is 4.26. The fourth-order valence-corrected chi connectivity index (χ4v) is 8.04. The number of hydrogen-bond donors (Lipinski definition) is 3. The average Bonchev–Trinajstić information content (AvgIpc) is 3.25. The fourth-order valence-electron chi connectivity index (χ4n) is 8.04. The number of aliphatic hydroxyl groups excluding tert-OH is 2. The quantitative estimate of drug-likeness (QED) is 0.0422. The molecule has 4 nitrogen and oxygen atoms in total. The van der Waals surface area contributed by atoms with Crippen LogP contribution in [0.2, 0.25) is 0 Å². The topological polar surface area (TPSA) is 69.6 Å². The van der Waals surface area contributed by atoms with E-state index in [4.69, 9.17) is 0 Å². The van der Waals surface area contributed by atoms with E-state index in [0.717, 1.165) is 57.8 Å². The van der Waals surface area contributed by atoms with Gasteiger partial charge < -0.3 is 15.5 Å². The van der Waals surface area contributed by atoms with Gasteiger partial charge in [0.25, 0.3) is 0 Å². The molecule has 3 N–H and O–H groups in total. The number of allylic oxidation sites excluding steroid dienone is 10. The van der Waals surface area contributed by atoms with E-state index in [2.05, 4.69) is 79.9 Å². The van der Waals surface area contributed by atoms with Crippen LogP contribution < -0.4 is 5.32 Å². The van der Waals surface area contributed by atoms with Crippen LogP contribution in [0.4, 0.5) is 0 Å². The molecule has 0 aromatic heterocycles. The number of nitrogens with one attached hydrogen (secondary N) is 1. The molecular formula is C56H103NO3. The summed E-state index contributed by atoms with van der Waals surface area (Å²) in [5.74, 6) is -0.0300. The molecule has 0 aromatic rings. The molecule has 0 rings (SSSR count). The normalized spacial score (nSPS) is 13.3. The molecule has 2 atom stereocenters. The van der Waals surface area contributed by atoms with Crippen molar-refractivity contribution in [2.24, 2.45) is 0 Å². The van der Waals surface area contributed by atoms with Gasteiger partial charge in [0.15, 0.2) is 0 Å². The molecule has 60 heavy (non-hydrogen) atoms. The van der Waals surface area contributed by atoms with Gasteiger partial charge in [-0.05, 0) is 57.8 Å². The minimum atomic E-state index is -0.659. The minimum Gasteiger partial charge on any atom is -0.394 e. The molecule has 0 spiro atoms. The van der Waals surface area contributed by atoms with Crippen LogP contribution in [0.15, 0.2) is 60.8 Å². The second kappa shape index (κ2) is 51.4. The predicted molar refractivity (Wildman–Crippen MR) is 267 cm³/mol. The van der Waals surface area contributed by atoms with Crippen molar-refractivity contribution in [1.82, 2.24) is 5.32 Å². The zero-order valence-electron chi connectivity index (χ0n) is 40.2. The molecule has 0 bridgehead atoms. The van der Waals surface area contributed by atoms with Crippen LogP contribution in [0.1, 0.15) is 271 Å². The van der Waals surface area contributed by atoms with E-state index in [1.54, 1.807) is 0 Å². The first-order valence-electron chi connectivity index (χ1n) is 26.5. The maximum absolute atomic E-state index is 12.5. The lowest BCUT2D eigenvalue weighted by Gasteiger charge is -2.22. The molecule has 0 aliphatic carbocycles. The summed E-state index contributed by atoms with van der Waals surface area (Å²) in [7, 11) is 0. The molecule has 350 valence electrons. The van der Waals surface area contributed by atoms with E-state index >= 15 is 0 Å². The number of hydrogen-bond acceptors (Lipinski definition) is 3. The van der Waals surface area contributed by atoms with E-state index in [0.29, 0.717) is 12.8 Å². The van der Waals surface area contributed by atoms with E-state index in [-0.39, 0.29) is 12.5 Å². The average molecular weight is 838 g/mol. The standard InChI is InChI=1S/C56H103NO3/c1-3-5-7-9-11-13-15-17-19-20-21-22-23-24-25-26-27-28-29-30-31-32-33-34-35-36-38-40-42-44-46-48-50-52-56(60)57-54(53-58)55(59)51-49-47-45-43-41-39-37-18-16-14-12-10-8-6-4-2/h5,7,11,13,17,19,21-22,24-25,54-55,58-59H,3-4,6,8-10,12,14-16,18,20,23,26-53H2,1-2H3,(H,57,60)/b7-5-,13-11-,19-17-,22-21-,25-24-. The molecule has 0 saturated carbocycles. The van der Waals surface area contributed by atoms with E-state index < -0.39 is 12.1 Å². The summed E-state index contributed by atoms with van der Waals surface area (Å²) < 4.78 is 0. The van der Waals surface area contributed by atoms with E-state index in [1.807, 2.05) is 0 Å². The highest BCUT2D eigenvalue weighted by atomic mass is 16.3. The number of unbranched alkanes of at least 4 members (excludes halogenated alkanes) is 31. The summed E-state index contributed by atoms with van der Waals surface area (Å²) in [4.78, 5) is 12.5. The molecule has 0 saturated heterocycles. The van der Waals surface area contributed by atoms with Crippen molar-refractivity contribution < 1.29 is 15.0 Å². The van der Waals surface area contributed by atoms with Gasteiger partial charge in [-0.25, -0.2) is 0 Å². The number of carbonyl (C=O) groups excluding carboxylic acids is 1. The predicted octanol–water partition coefficient (Wildman–Crippen LogP) is 17.2. The number of rotatable bonds is 48. The van der Waals surface area contributed by atoms with Crippen LogP contribution in [0.25, 0.3) is 0 Å². The van der Waals surface area contributed by atoms with Crippen molar-refractivity contribution in [3.63, 3.8) is 0 Å². The lowest BCUT2D eigenvalue weighted by atomic mass is 10.0. The van der Waals surface area contributed by atoms with E-state index in [1.165, 1.54) is 186 Å². The van der Waals surface area contributed by atoms with Gasteiger partial charge in [-0.3, -0.25) is 4.79 Å². The summed E-state index contributed by atoms with van der Waals surface area (Å²) in [5, 5.41) is 23.3. The number of carbonyl (C=O) groups is 1. The Kier molecular flexibility index (Phi) is 49.8. The highest BCUT2D eigenvalue weighted by Gasteiger charge is 2.20. The van der Waals surface area contributed by atoms with Crippen LogP contribution in [-0.2, 0) is 4.79 Å². The summed E-state index contributed by atoms with van der Waals surface area (Å²) in [6.07, 6.45) is 71.9. The van der Waals surface area contributed by atoms with E-state index in [9.17, 15) is 15.0 Å². The van der Waals surface area contributed by atoms with Crippen LogP contribution >= 0.6 is 0 Å². The summed E-state index contributed by atoms with van der Waals surface area (Å²) in [5.41, 5.74) is 0. The summed E-state index contributed by atoms with van der Waals surface area (Å²) >= 11 is 0. The first-order valence-corrected chi connectivity index (χ1v) is 26.5. The van der Waals surface area contributed by atoms with Crippen molar-refractivity contribution in [1.29, 1.82) is 0 Å². The Morgan fingerprint density at radius 2 is 0.733 bits per heavy atom. The third kappa shape index (κ3) is 47.1. The number of amides is 1. The maximum Gasteiger partial charge on any atom is 0.220 e. The van der Waals surface area contributed by atoms with Crippen molar-refractivity contribution in [3.05, 3.63) is 60.8 Å². The molecular weight excluding hydrogens is 735 g/mol. The van der Waals surface area contributed by atoms with Crippen molar-refractivity contribution in [3.8, 4) is 0 Å². The van der Waals surface area contributed by atoms with Gasteiger partial charge in [0.2, 0.25) is 5.91 Å². The molecule has 0 heterocycles. The Hall–Kier alpha value is -1.91. The highest BCUT2D eigenvalue weighted by Crippen LogP contribution is 2.17. The monoisotopic (exact) mass is 838 g/mol. The number of aliphatic hydroxyl groups is 2. The van der Waals surface area contributed by atoms with Gasteiger partial charge in [-0.15, -0.1) is 0 Å². The van der Waals surface area contributed by atoms with Crippen LogP contribution in [0, 0.1) is 0 Å². The van der Waals surface area contributed by atoms with Crippen molar-refractivity contribution in [2.45, 2.75) is 283 Å². The molecule has 4 heteroatoms. The first kappa shape index (κ1) is 58.1. The Labute approximate surface area is 375 Å². The van der Waals surface area contributed by atoms with Gasteiger partial charge in [0, 0.05) is 6.42 Å². The first-order chi connectivity index (χ1) is 29.7. The second-order valence-electron chi connectivity index (χ2n) is 17.9. The van der Waals surface area contributed by atoms with Crippen molar-refractivity contribution in [2.75, 3.05) is 6.61 Å². The van der Waals surface area contributed by atoms with Gasteiger partial charge in [0.05, 0.1) is 18.8 Å². The lowest BCUT2D eigenvalue weighted by molar-refractivity contribution is -0.123. The Balaban J connectivity index is 3.45. The van der Waals surface area contributed by atoms with Crippen LogP contribution in [-0.4, -0.2) is 34.9 Å². The van der Waals surface area contributed by atoms with Gasteiger partial charge in [-0.2, -0.15) is 0 Å². The van der Waals surface area contributed by atoms with Gasteiger partial charge in [-0.1, -0.05) is 267 Å². The molecule has 0 fully saturated rings. The minimum absolute atomic E-state index is 0.0300. The molecule has 0 aromatic carbocycles. The van der Waals surface area contributed by atoms with Crippen LogP contribution in [0.3, 0.4) is 0 Å². The zero-order valence-corrected chi connectivity index (χ0v) is 40.2. The third-order valence-electron chi connectivity index (χ3n) is 12.0. The largest absolute Gasteiger partial charge is 0.394 e. The van der Waals surface area contributed by atoms with Gasteiger partial charge >= 0.3 is 0 Å². The molecule has 0 radical (unpaired) electrons.